The molecule has 2 heterocycles. The number of hydrogen-bond donors (Lipinski definition) is 2. The average Bonchev–Trinajstić information content (AvgIpc) is 2.57. The molecule has 1 atom stereocenters. The van der Waals surface area contributed by atoms with Gasteiger partial charge in [0.15, 0.2) is 0 Å². The average molecular weight is 222 g/mol. The normalized spacial score (nSPS) is 20.9. The highest BCUT2D eigenvalue weighted by Crippen LogP contribution is 2.14. The number of piperidine rings is 1. The molecule has 1 amide bonds. The van der Waals surface area contributed by atoms with Crippen molar-refractivity contribution in [3.05, 3.63) is 23.2 Å². The maximum Gasteiger partial charge on any atom is 0.220 e. The van der Waals surface area contributed by atoms with E-state index in [-0.39, 0.29) is 5.91 Å². The van der Waals surface area contributed by atoms with Crippen molar-refractivity contribution in [2.75, 3.05) is 6.54 Å². The van der Waals surface area contributed by atoms with E-state index in [2.05, 4.69) is 16.7 Å². The summed E-state index contributed by atoms with van der Waals surface area (Å²) in [6, 6.07) is 2.44. The first-order valence-corrected chi connectivity index (χ1v) is 5.71. The van der Waals surface area contributed by atoms with Crippen LogP contribution < -0.4 is 10.6 Å². The van der Waals surface area contributed by atoms with Gasteiger partial charge in [0.05, 0.1) is 0 Å². The molecule has 0 saturated carbocycles. The molecule has 1 aliphatic rings. The van der Waals surface area contributed by atoms with Crippen LogP contribution in [0.15, 0.2) is 10.5 Å². The van der Waals surface area contributed by atoms with E-state index >= 15 is 0 Å². The topological polar surface area (TPSA) is 54.3 Å². The summed E-state index contributed by atoms with van der Waals surface area (Å²) in [7, 11) is 0. The maximum absolute atomic E-state index is 11.0. The van der Waals surface area contributed by atoms with Crippen LogP contribution in [-0.2, 0) is 11.3 Å². The van der Waals surface area contributed by atoms with Gasteiger partial charge in [0, 0.05) is 31.1 Å². The van der Waals surface area contributed by atoms with E-state index in [1.165, 1.54) is 5.56 Å². The Hall–Kier alpha value is -1.29. The standard InChI is InChI=1S/C12H18N2O2/c1-8-5-10(9(2)16-8)6-13-11-3-4-12(15)14-7-11/h5,11,13H,3-4,6-7H2,1-2H3,(H,14,15). The molecule has 1 aromatic rings. The molecular formula is C12H18N2O2. The lowest BCUT2D eigenvalue weighted by Crippen LogP contribution is -2.45. The minimum absolute atomic E-state index is 0.161. The maximum atomic E-state index is 11.0. The first kappa shape index (κ1) is 11.2. The number of nitrogens with one attached hydrogen (secondary N) is 2. The fourth-order valence-electron chi connectivity index (χ4n) is 2.02. The van der Waals surface area contributed by atoms with Crippen LogP contribution in [-0.4, -0.2) is 18.5 Å². The lowest BCUT2D eigenvalue weighted by atomic mass is 10.1. The molecular weight excluding hydrogens is 204 g/mol. The molecule has 1 aliphatic heterocycles. The number of amides is 1. The second kappa shape index (κ2) is 4.70. The Morgan fingerprint density at radius 3 is 2.94 bits per heavy atom. The van der Waals surface area contributed by atoms with Gasteiger partial charge in [-0.25, -0.2) is 0 Å². The molecule has 16 heavy (non-hydrogen) atoms. The Bertz CT molecular complexity index is 374. The Kier molecular flexibility index (Phi) is 3.29. The minimum atomic E-state index is 0.161. The summed E-state index contributed by atoms with van der Waals surface area (Å²) in [6.45, 7) is 5.47. The van der Waals surface area contributed by atoms with E-state index in [1.807, 2.05) is 13.8 Å². The Balaban J connectivity index is 1.83. The van der Waals surface area contributed by atoms with Crippen molar-refractivity contribution in [1.82, 2.24) is 10.6 Å². The summed E-state index contributed by atoms with van der Waals surface area (Å²) in [5, 5.41) is 6.30. The van der Waals surface area contributed by atoms with Gasteiger partial charge in [-0.2, -0.15) is 0 Å². The lowest BCUT2D eigenvalue weighted by molar-refractivity contribution is -0.122. The van der Waals surface area contributed by atoms with Crippen molar-refractivity contribution in [2.24, 2.45) is 0 Å². The summed E-state index contributed by atoms with van der Waals surface area (Å²) < 4.78 is 5.46. The third kappa shape index (κ3) is 2.64. The van der Waals surface area contributed by atoms with Gasteiger partial charge in [0.25, 0.3) is 0 Å². The van der Waals surface area contributed by atoms with Crippen LogP contribution in [0.4, 0.5) is 0 Å². The molecule has 0 spiro atoms. The molecule has 1 fully saturated rings. The van der Waals surface area contributed by atoms with Gasteiger partial charge in [-0.05, 0) is 26.3 Å². The third-order valence-electron chi connectivity index (χ3n) is 2.99. The predicted molar refractivity (Wildman–Crippen MR) is 61.1 cm³/mol. The fourth-order valence-corrected chi connectivity index (χ4v) is 2.02. The van der Waals surface area contributed by atoms with Gasteiger partial charge in [-0.1, -0.05) is 0 Å². The fraction of sp³-hybridized carbons (Fsp3) is 0.583. The first-order chi connectivity index (χ1) is 7.65. The number of furan rings is 1. The summed E-state index contributed by atoms with van der Waals surface area (Å²) in [6.07, 6.45) is 1.54. The molecule has 0 aromatic carbocycles. The van der Waals surface area contributed by atoms with Gasteiger partial charge in [0.1, 0.15) is 11.5 Å². The molecule has 1 unspecified atom stereocenters. The van der Waals surface area contributed by atoms with Gasteiger partial charge < -0.3 is 15.1 Å². The first-order valence-electron chi connectivity index (χ1n) is 5.71. The number of carbonyl (C=O) groups excluding carboxylic acids is 1. The molecule has 88 valence electrons. The zero-order valence-electron chi connectivity index (χ0n) is 9.80. The lowest BCUT2D eigenvalue weighted by Gasteiger charge is -2.23. The van der Waals surface area contributed by atoms with Crippen LogP contribution >= 0.6 is 0 Å². The summed E-state index contributed by atoms with van der Waals surface area (Å²) in [4.78, 5) is 11.0. The van der Waals surface area contributed by atoms with Crippen molar-refractivity contribution in [1.29, 1.82) is 0 Å². The Labute approximate surface area is 95.4 Å². The van der Waals surface area contributed by atoms with E-state index < -0.39 is 0 Å². The van der Waals surface area contributed by atoms with E-state index in [9.17, 15) is 4.79 Å². The monoisotopic (exact) mass is 222 g/mol. The number of carbonyl (C=O) groups is 1. The van der Waals surface area contributed by atoms with Crippen molar-refractivity contribution in [2.45, 2.75) is 39.3 Å². The molecule has 0 aliphatic carbocycles. The van der Waals surface area contributed by atoms with Crippen molar-refractivity contribution in [3.8, 4) is 0 Å². The molecule has 0 bridgehead atoms. The molecule has 2 rings (SSSR count). The Morgan fingerprint density at radius 1 is 1.56 bits per heavy atom. The zero-order valence-corrected chi connectivity index (χ0v) is 9.80. The SMILES string of the molecule is Cc1cc(CNC2CCC(=O)NC2)c(C)o1. The molecule has 1 saturated heterocycles. The number of rotatable bonds is 3. The summed E-state index contributed by atoms with van der Waals surface area (Å²) >= 11 is 0. The van der Waals surface area contributed by atoms with Crippen LogP contribution in [0.5, 0.6) is 0 Å². The van der Waals surface area contributed by atoms with Gasteiger partial charge in [-0.3, -0.25) is 4.79 Å². The molecule has 1 aromatic heterocycles. The molecule has 4 heteroatoms. The number of aryl methyl sites for hydroxylation is 2. The highest BCUT2D eigenvalue weighted by atomic mass is 16.3. The highest BCUT2D eigenvalue weighted by molar-refractivity contribution is 5.76. The van der Waals surface area contributed by atoms with Gasteiger partial charge in [-0.15, -0.1) is 0 Å². The van der Waals surface area contributed by atoms with Crippen molar-refractivity contribution in [3.63, 3.8) is 0 Å². The summed E-state index contributed by atoms with van der Waals surface area (Å²) in [5.74, 6) is 2.09. The predicted octanol–water partition coefficient (Wildman–Crippen LogP) is 1.26. The number of hydrogen-bond acceptors (Lipinski definition) is 3. The molecule has 4 nitrogen and oxygen atoms in total. The zero-order chi connectivity index (χ0) is 11.5. The van der Waals surface area contributed by atoms with Crippen molar-refractivity contribution >= 4 is 5.91 Å². The van der Waals surface area contributed by atoms with Crippen LogP contribution in [0.3, 0.4) is 0 Å². The molecule has 2 N–H and O–H groups in total. The van der Waals surface area contributed by atoms with Crippen molar-refractivity contribution < 1.29 is 9.21 Å². The largest absolute Gasteiger partial charge is 0.466 e. The van der Waals surface area contributed by atoms with E-state index in [1.54, 1.807) is 0 Å². The molecule has 0 radical (unpaired) electrons. The second-order valence-corrected chi connectivity index (χ2v) is 4.36. The van der Waals surface area contributed by atoms with E-state index in [0.29, 0.717) is 12.5 Å². The van der Waals surface area contributed by atoms with Crippen LogP contribution in [0.25, 0.3) is 0 Å². The highest BCUT2D eigenvalue weighted by Gasteiger charge is 2.17. The van der Waals surface area contributed by atoms with Gasteiger partial charge >= 0.3 is 0 Å². The minimum Gasteiger partial charge on any atom is -0.466 e. The van der Waals surface area contributed by atoms with E-state index in [0.717, 1.165) is 31.0 Å². The second-order valence-electron chi connectivity index (χ2n) is 4.36. The van der Waals surface area contributed by atoms with E-state index in [4.69, 9.17) is 4.42 Å². The quantitative estimate of drug-likeness (QED) is 0.809. The smallest absolute Gasteiger partial charge is 0.220 e. The van der Waals surface area contributed by atoms with Crippen LogP contribution in [0.1, 0.15) is 29.9 Å². The van der Waals surface area contributed by atoms with Crippen LogP contribution in [0, 0.1) is 13.8 Å². The van der Waals surface area contributed by atoms with Crippen LogP contribution in [0.2, 0.25) is 0 Å². The third-order valence-corrected chi connectivity index (χ3v) is 2.99. The van der Waals surface area contributed by atoms with Gasteiger partial charge in [0.2, 0.25) is 5.91 Å². The Morgan fingerprint density at radius 2 is 2.38 bits per heavy atom. The summed E-state index contributed by atoms with van der Waals surface area (Å²) in [5.41, 5.74) is 1.20.